The van der Waals surface area contributed by atoms with Crippen LogP contribution in [0.4, 0.5) is 0 Å². The molecule has 0 saturated carbocycles. The molecule has 0 radical (unpaired) electrons. The van der Waals surface area contributed by atoms with E-state index in [4.69, 9.17) is 9.51 Å². The van der Waals surface area contributed by atoms with Crippen molar-refractivity contribution in [3.8, 4) is 28.2 Å². The molecular weight excluding hydrogens is 476 g/mol. The summed E-state index contributed by atoms with van der Waals surface area (Å²) >= 11 is 0. The lowest BCUT2D eigenvalue weighted by atomic mass is 9.94. The Morgan fingerprint density at radius 2 is 1.68 bits per heavy atom. The van der Waals surface area contributed by atoms with Crippen molar-refractivity contribution in [2.45, 2.75) is 46.5 Å². The van der Waals surface area contributed by atoms with E-state index in [-0.39, 0.29) is 5.56 Å². The van der Waals surface area contributed by atoms with Crippen LogP contribution in [-0.4, -0.2) is 19.7 Å². The predicted molar refractivity (Wildman–Crippen MR) is 149 cm³/mol. The predicted octanol–water partition coefficient (Wildman–Crippen LogP) is 5.79. The van der Waals surface area contributed by atoms with Gasteiger partial charge in [-0.05, 0) is 61.1 Å². The summed E-state index contributed by atoms with van der Waals surface area (Å²) < 4.78 is 6.53. The van der Waals surface area contributed by atoms with Gasteiger partial charge in [0, 0.05) is 17.5 Å². The quantitative estimate of drug-likeness (QED) is 0.287. The maximum absolute atomic E-state index is 14.0. The molecule has 1 N–H and O–H groups in total. The standard InChI is InChI=1S/C31H30N4O3/c1-4-5-14-27-26(30(36)35(21(3)32-27)28-15-10-9-11-20(28)2)19-22-16-17-24(23-12-7-6-8-13-23)25(18-22)29-33-31(37)38-34-29/h6-13,15-18H,4-5,14,19H2,1-3H3,(H,33,34,37). The molecule has 7 heteroatoms. The fourth-order valence-corrected chi connectivity index (χ4v) is 4.86. The Bertz CT molecular complexity index is 1700. The number of hydrogen-bond donors (Lipinski definition) is 1. The van der Waals surface area contributed by atoms with Crippen molar-refractivity contribution in [3.63, 3.8) is 0 Å². The Labute approximate surface area is 220 Å². The van der Waals surface area contributed by atoms with E-state index < -0.39 is 5.76 Å². The zero-order chi connectivity index (χ0) is 26.6. The summed E-state index contributed by atoms with van der Waals surface area (Å²) in [4.78, 5) is 33.4. The van der Waals surface area contributed by atoms with Crippen molar-refractivity contribution in [2.24, 2.45) is 0 Å². The molecule has 0 atom stereocenters. The van der Waals surface area contributed by atoms with Crippen LogP contribution in [0.3, 0.4) is 0 Å². The highest BCUT2D eigenvalue weighted by atomic mass is 16.5. The van der Waals surface area contributed by atoms with Gasteiger partial charge in [-0.15, -0.1) is 0 Å². The molecule has 0 aliphatic rings. The van der Waals surface area contributed by atoms with Gasteiger partial charge in [0.1, 0.15) is 5.82 Å². The van der Waals surface area contributed by atoms with Gasteiger partial charge in [-0.1, -0.05) is 79.2 Å². The highest BCUT2D eigenvalue weighted by Gasteiger charge is 2.19. The van der Waals surface area contributed by atoms with Crippen LogP contribution in [0.2, 0.25) is 0 Å². The first-order chi connectivity index (χ1) is 18.5. The molecule has 0 amide bonds. The van der Waals surface area contributed by atoms with Gasteiger partial charge in [-0.3, -0.25) is 18.9 Å². The van der Waals surface area contributed by atoms with Crippen LogP contribution in [0, 0.1) is 13.8 Å². The summed E-state index contributed by atoms with van der Waals surface area (Å²) in [6.07, 6.45) is 3.10. The molecule has 0 aliphatic heterocycles. The fourth-order valence-electron chi connectivity index (χ4n) is 4.86. The number of para-hydroxylation sites is 1. The average Bonchev–Trinajstić information content (AvgIpc) is 3.37. The van der Waals surface area contributed by atoms with Gasteiger partial charge in [0.2, 0.25) is 0 Å². The highest BCUT2D eigenvalue weighted by molar-refractivity contribution is 5.81. The van der Waals surface area contributed by atoms with Crippen LogP contribution < -0.4 is 11.3 Å². The molecule has 0 unspecified atom stereocenters. The van der Waals surface area contributed by atoms with E-state index in [1.165, 1.54) is 0 Å². The second kappa shape index (κ2) is 10.8. The maximum atomic E-state index is 14.0. The summed E-state index contributed by atoms with van der Waals surface area (Å²) in [7, 11) is 0. The maximum Gasteiger partial charge on any atom is 0.439 e. The van der Waals surface area contributed by atoms with E-state index in [2.05, 4.69) is 17.1 Å². The van der Waals surface area contributed by atoms with Crippen LogP contribution in [0.1, 0.15) is 48.0 Å². The minimum Gasteiger partial charge on any atom is -0.296 e. The smallest absolute Gasteiger partial charge is 0.296 e. The summed E-state index contributed by atoms with van der Waals surface area (Å²) in [5, 5.41) is 3.95. The largest absolute Gasteiger partial charge is 0.439 e. The number of rotatable bonds is 8. The van der Waals surface area contributed by atoms with E-state index in [1.807, 2.05) is 86.6 Å². The van der Waals surface area contributed by atoms with Gasteiger partial charge in [0.15, 0.2) is 5.82 Å². The topological polar surface area (TPSA) is 93.8 Å². The molecule has 0 fully saturated rings. The first kappa shape index (κ1) is 25.1. The molecule has 3 aromatic carbocycles. The Balaban J connectivity index is 1.66. The SMILES string of the molecule is CCCCc1nc(C)n(-c2ccccc2C)c(=O)c1Cc1ccc(-c2ccccc2)c(-c2noc(=O)[nH]2)c1. The van der Waals surface area contributed by atoms with Crippen LogP contribution >= 0.6 is 0 Å². The van der Waals surface area contributed by atoms with Crippen LogP contribution in [0.5, 0.6) is 0 Å². The number of nitrogens with zero attached hydrogens (tertiary/aromatic N) is 3. The Morgan fingerprint density at radius 1 is 0.921 bits per heavy atom. The van der Waals surface area contributed by atoms with Crippen molar-refractivity contribution in [3.05, 3.63) is 122 Å². The van der Waals surface area contributed by atoms with Crippen molar-refractivity contribution >= 4 is 0 Å². The lowest BCUT2D eigenvalue weighted by Gasteiger charge is -2.17. The molecule has 2 aromatic heterocycles. The van der Waals surface area contributed by atoms with E-state index in [0.29, 0.717) is 23.6 Å². The monoisotopic (exact) mass is 506 g/mol. The molecule has 38 heavy (non-hydrogen) atoms. The van der Waals surface area contributed by atoms with E-state index >= 15 is 0 Å². The average molecular weight is 507 g/mol. The van der Waals surface area contributed by atoms with Crippen molar-refractivity contribution in [2.75, 3.05) is 0 Å². The number of H-pyrrole nitrogens is 1. The van der Waals surface area contributed by atoms with Crippen LogP contribution in [-0.2, 0) is 12.8 Å². The van der Waals surface area contributed by atoms with Gasteiger partial charge in [-0.2, -0.15) is 0 Å². The van der Waals surface area contributed by atoms with Gasteiger partial charge < -0.3 is 0 Å². The van der Waals surface area contributed by atoms with Crippen LogP contribution in [0.25, 0.3) is 28.2 Å². The Hall–Kier alpha value is -4.52. The molecule has 0 spiro atoms. The molecule has 0 saturated heterocycles. The minimum atomic E-state index is -0.616. The highest BCUT2D eigenvalue weighted by Crippen LogP contribution is 2.31. The molecule has 5 aromatic rings. The number of nitrogens with one attached hydrogen (secondary N) is 1. The first-order valence-corrected chi connectivity index (χ1v) is 12.9. The van der Waals surface area contributed by atoms with Crippen molar-refractivity contribution in [1.29, 1.82) is 0 Å². The van der Waals surface area contributed by atoms with Gasteiger partial charge >= 0.3 is 5.76 Å². The lowest BCUT2D eigenvalue weighted by Crippen LogP contribution is -2.28. The second-order valence-corrected chi connectivity index (χ2v) is 9.48. The number of benzene rings is 3. The fraction of sp³-hybridized carbons (Fsp3) is 0.226. The molecular formula is C31H30N4O3. The second-order valence-electron chi connectivity index (χ2n) is 9.48. The van der Waals surface area contributed by atoms with Gasteiger partial charge in [-0.25, -0.2) is 9.78 Å². The number of aryl methyl sites for hydroxylation is 3. The third-order valence-electron chi connectivity index (χ3n) is 6.80. The third kappa shape index (κ3) is 5.00. The van der Waals surface area contributed by atoms with Crippen molar-refractivity contribution in [1.82, 2.24) is 19.7 Å². The van der Waals surface area contributed by atoms with Crippen molar-refractivity contribution < 1.29 is 4.52 Å². The summed E-state index contributed by atoms with van der Waals surface area (Å²) in [5.41, 5.74) is 6.85. The summed E-state index contributed by atoms with van der Waals surface area (Å²) in [6.45, 7) is 6.02. The number of hydrogen-bond acceptors (Lipinski definition) is 5. The Morgan fingerprint density at radius 3 is 2.39 bits per heavy atom. The van der Waals surface area contributed by atoms with E-state index in [0.717, 1.165) is 58.5 Å². The van der Waals surface area contributed by atoms with Crippen LogP contribution in [0.15, 0.2) is 86.9 Å². The van der Waals surface area contributed by atoms with E-state index in [1.54, 1.807) is 4.57 Å². The Kier molecular flexibility index (Phi) is 7.18. The number of aromatic amines is 1. The minimum absolute atomic E-state index is 0.0542. The zero-order valence-corrected chi connectivity index (χ0v) is 21.8. The number of aromatic nitrogens is 4. The summed E-state index contributed by atoms with van der Waals surface area (Å²) in [6, 6.07) is 23.7. The summed E-state index contributed by atoms with van der Waals surface area (Å²) in [5.74, 6) is 0.413. The molecule has 5 rings (SSSR count). The molecule has 2 heterocycles. The molecule has 0 aliphatic carbocycles. The lowest BCUT2D eigenvalue weighted by molar-refractivity contribution is 0.388. The van der Waals surface area contributed by atoms with Gasteiger partial charge in [0.25, 0.3) is 5.56 Å². The number of unbranched alkanes of at least 4 members (excludes halogenated alkanes) is 1. The first-order valence-electron chi connectivity index (χ1n) is 12.9. The van der Waals surface area contributed by atoms with E-state index in [9.17, 15) is 9.59 Å². The molecule has 0 bridgehead atoms. The van der Waals surface area contributed by atoms with Gasteiger partial charge in [0.05, 0.1) is 11.4 Å². The zero-order valence-electron chi connectivity index (χ0n) is 21.8. The molecule has 192 valence electrons. The normalized spacial score (nSPS) is 11.1. The third-order valence-corrected chi connectivity index (χ3v) is 6.80. The molecule has 7 nitrogen and oxygen atoms in total.